The molecule has 2 rings (SSSR count). The number of aliphatic imine (C=N–C) groups is 1. The van der Waals surface area contributed by atoms with Crippen molar-refractivity contribution in [3.8, 4) is 0 Å². The molecule has 1 aromatic rings. The highest BCUT2D eigenvalue weighted by atomic mass is 16.6. The van der Waals surface area contributed by atoms with Gasteiger partial charge >= 0.3 is 12.2 Å². The second kappa shape index (κ2) is 7.77. The lowest BCUT2D eigenvalue weighted by atomic mass is 10.1. The highest BCUT2D eigenvalue weighted by Gasteiger charge is 2.34. The number of aromatic nitrogens is 2. The van der Waals surface area contributed by atoms with Crippen molar-refractivity contribution < 1.29 is 19.1 Å². The number of nitrogens with one attached hydrogen (secondary N) is 1. The lowest BCUT2D eigenvalue weighted by Gasteiger charge is -2.35. The first-order chi connectivity index (χ1) is 13.5. The highest BCUT2D eigenvalue weighted by molar-refractivity contribution is 5.94. The van der Waals surface area contributed by atoms with Gasteiger partial charge < -0.3 is 14.8 Å². The van der Waals surface area contributed by atoms with Gasteiger partial charge in [0.25, 0.3) is 0 Å². The molecule has 0 fully saturated rings. The molecule has 0 saturated carbocycles. The lowest BCUT2D eigenvalue weighted by Crippen LogP contribution is -2.49. The molecule has 1 aromatic heterocycles. The van der Waals surface area contributed by atoms with E-state index in [2.05, 4.69) is 15.4 Å². The van der Waals surface area contributed by atoms with E-state index in [9.17, 15) is 9.59 Å². The molecule has 0 saturated heterocycles. The summed E-state index contributed by atoms with van der Waals surface area (Å²) in [6, 6.07) is 1.63. The zero-order valence-corrected chi connectivity index (χ0v) is 19.6. The van der Waals surface area contributed by atoms with Gasteiger partial charge in [0.15, 0.2) is 5.82 Å². The van der Waals surface area contributed by atoms with Crippen LogP contribution in [0.4, 0.5) is 15.4 Å². The fourth-order valence-electron chi connectivity index (χ4n) is 2.64. The standard InChI is InChI=1S/C21H33N5O4/c1-13-12-22-21(9,10)23-16(13)25(17(27)29-19(3,4)5)15-11-14(2)26(24-15)18(28)30-20(6,7)8/h11-12,23H,1-10H3. The van der Waals surface area contributed by atoms with Gasteiger partial charge in [0, 0.05) is 17.9 Å². The summed E-state index contributed by atoms with van der Waals surface area (Å²) in [5.41, 5.74) is -0.771. The van der Waals surface area contributed by atoms with E-state index in [-0.39, 0.29) is 5.82 Å². The monoisotopic (exact) mass is 419 g/mol. The zero-order valence-electron chi connectivity index (χ0n) is 19.6. The first-order valence-corrected chi connectivity index (χ1v) is 9.86. The fourth-order valence-corrected chi connectivity index (χ4v) is 2.64. The Labute approximate surface area is 178 Å². The second-order valence-electron chi connectivity index (χ2n) is 9.83. The Morgan fingerprint density at radius 2 is 1.63 bits per heavy atom. The van der Waals surface area contributed by atoms with Gasteiger partial charge in [-0.15, -0.1) is 5.10 Å². The summed E-state index contributed by atoms with van der Waals surface area (Å²) in [4.78, 5) is 31.5. The molecule has 30 heavy (non-hydrogen) atoms. The molecule has 0 radical (unpaired) electrons. The van der Waals surface area contributed by atoms with Crippen LogP contribution in [0.15, 0.2) is 22.5 Å². The van der Waals surface area contributed by atoms with E-state index in [4.69, 9.17) is 9.47 Å². The molecule has 9 heteroatoms. The highest BCUT2D eigenvalue weighted by Crippen LogP contribution is 2.27. The van der Waals surface area contributed by atoms with Crippen LogP contribution in [0.25, 0.3) is 0 Å². The third-order valence-electron chi connectivity index (χ3n) is 3.85. The molecule has 0 unspecified atom stereocenters. The first-order valence-electron chi connectivity index (χ1n) is 9.86. The summed E-state index contributed by atoms with van der Waals surface area (Å²) >= 11 is 0. The molecule has 1 aliphatic heterocycles. The largest absolute Gasteiger partial charge is 0.443 e. The van der Waals surface area contributed by atoms with Crippen molar-refractivity contribution >= 4 is 24.2 Å². The minimum absolute atomic E-state index is 0.237. The molecular weight excluding hydrogens is 386 g/mol. The van der Waals surface area contributed by atoms with E-state index < -0.39 is 29.1 Å². The van der Waals surface area contributed by atoms with Crippen LogP contribution in [-0.2, 0) is 9.47 Å². The number of hydrogen-bond acceptors (Lipinski definition) is 7. The molecule has 0 bridgehead atoms. The van der Waals surface area contributed by atoms with Crippen molar-refractivity contribution in [3.05, 3.63) is 23.2 Å². The van der Waals surface area contributed by atoms with Gasteiger partial charge in [-0.2, -0.15) is 4.68 Å². The number of nitrogens with zero attached hydrogens (tertiary/aromatic N) is 4. The van der Waals surface area contributed by atoms with Crippen molar-refractivity contribution in [3.63, 3.8) is 0 Å². The van der Waals surface area contributed by atoms with Gasteiger partial charge in [-0.05, 0) is 69.2 Å². The van der Waals surface area contributed by atoms with Gasteiger partial charge in [-0.1, -0.05) is 0 Å². The molecule has 0 atom stereocenters. The maximum atomic E-state index is 13.2. The van der Waals surface area contributed by atoms with Crippen molar-refractivity contribution in [2.45, 2.75) is 86.1 Å². The minimum Gasteiger partial charge on any atom is -0.443 e. The summed E-state index contributed by atoms with van der Waals surface area (Å²) in [7, 11) is 0. The second-order valence-corrected chi connectivity index (χ2v) is 9.83. The van der Waals surface area contributed by atoms with E-state index in [1.54, 1.807) is 60.7 Å². The number of amides is 1. The van der Waals surface area contributed by atoms with Gasteiger partial charge in [0.1, 0.15) is 22.7 Å². The smallest absolute Gasteiger partial charge is 0.435 e. The summed E-state index contributed by atoms with van der Waals surface area (Å²) in [6.07, 6.45) is 0.449. The number of carbonyl (C=O) groups excluding carboxylic acids is 2. The van der Waals surface area contributed by atoms with Gasteiger partial charge in [-0.3, -0.25) is 4.99 Å². The van der Waals surface area contributed by atoms with E-state index in [0.29, 0.717) is 11.5 Å². The summed E-state index contributed by atoms with van der Waals surface area (Å²) in [5.74, 6) is 0.721. The number of hydrogen-bond donors (Lipinski definition) is 1. The molecule has 9 nitrogen and oxygen atoms in total. The molecular formula is C21H33N5O4. The average molecular weight is 420 g/mol. The molecule has 1 amide bonds. The number of carbonyl (C=O) groups is 2. The molecule has 1 N–H and O–H groups in total. The average Bonchev–Trinajstić information content (AvgIpc) is 2.89. The molecule has 0 aromatic carbocycles. The van der Waals surface area contributed by atoms with Crippen LogP contribution in [0.3, 0.4) is 0 Å². The summed E-state index contributed by atoms with van der Waals surface area (Å²) < 4.78 is 12.2. The van der Waals surface area contributed by atoms with Crippen LogP contribution in [0.1, 0.15) is 68.0 Å². The minimum atomic E-state index is -0.717. The van der Waals surface area contributed by atoms with Gasteiger partial charge in [0.05, 0.1) is 5.69 Å². The Morgan fingerprint density at radius 3 is 2.17 bits per heavy atom. The van der Waals surface area contributed by atoms with E-state index in [1.165, 1.54) is 4.90 Å². The maximum Gasteiger partial charge on any atom is 0.435 e. The third-order valence-corrected chi connectivity index (χ3v) is 3.85. The van der Waals surface area contributed by atoms with E-state index in [0.717, 1.165) is 10.3 Å². The van der Waals surface area contributed by atoms with Crippen LogP contribution in [0.2, 0.25) is 0 Å². The summed E-state index contributed by atoms with van der Waals surface area (Å²) in [6.45, 7) is 18.0. The summed E-state index contributed by atoms with van der Waals surface area (Å²) in [5, 5.41) is 7.60. The molecule has 2 heterocycles. The Hall–Kier alpha value is -2.84. The van der Waals surface area contributed by atoms with Gasteiger partial charge in [-0.25, -0.2) is 14.5 Å². The van der Waals surface area contributed by atoms with Crippen LogP contribution in [0, 0.1) is 6.92 Å². The van der Waals surface area contributed by atoms with Crippen molar-refractivity contribution in [2.24, 2.45) is 4.99 Å². The Bertz CT molecular complexity index is 897. The van der Waals surface area contributed by atoms with Crippen molar-refractivity contribution in [2.75, 3.05) is 4.90 Å². The fraction of sp³-hybridized carbons (Fsp3) is 0.619. The number of allylic oxidation sites excluding steroid dienone is 1. The number of ether oxygens (including phenoxy) is 2. The molecule has 0 spiro atoms. The van der Waals surface area contributed by atoms with Crippen LogP contribution >= 0.6 is 0 Å². The zero-order chi connectivity index (χ0) is 23.1. The Kier molecular flexibility index (Phi) is 6.07. The molecule has 0 aliphatic carbocycles. The predicted octanol–water partition coefficient (Wildman–Crippen LogP) is 4.36. The topological polar surface area (TPSA) is 98.0 Å². The molecule has 1 aliphatic rings. The first kappa shape index (κ1) is 23.4. The third kappa shape index (κ3) is 5.84. The van der Waals surface area contributed by atoms with Crippen LogP contribution < -0.4 is 10.2 Å². The number of aryl methyl sites for hydroxylation is 1. The predicted molar refractivity (Wildman–Crippen MR) is 116 cm³/mol. The Balaban J connectivity index is 2.54. The Morgan fingerprint density at radius 1 is 1.07 bits per heavy atom. The van der Waals surface area contributed by atoms with Crippen molar-refractivity contribution in [1.29, 1.82) is 0 Å². The van der Waals surface area contributed by atoms with Crippen molar-refractivity contribution in [1.82, 2.24) is 15.1 Å². The number of anilines is 1. The maximum absolute atomic E-state index is 13.2. The van der Waals surface area contributed by atoms with Crippen LogP contribution in [0.5, 0.6) is 0 Å². The van der Waals surface area contributed by atoms with Crippen LogP contribution in [-0.4, -0.2) is 45.0 Å². The number of rotatable bonds is 2. The quantitative estimate of drug-likeness (QED) is 0.765. The normalized spacial score (nSPS) is 16.2. The molecule has 166 valence electrons. The SMILES string of the molecule is CC1=C(N(C(=O)OC(C)(C)C)c2cc(C)n(C(=O)OC(C)(C)C)n2)NC(C)(C)N=C1. The lowest BCUT2D eigenvalue weighted by molar-refractivity contribution is 0.0505. The van der Waals surface area contributed by atoms with Gasteiger partial charge in [0.2, 0.25) is 0 Å². The van der Waals surface area contributed by atoms with E-state index >= 15 is 0 Å². The van der Waals surface area contributed by atoms with E-state index in [1.807, 2.05) is 20.8 Å².